The minimum absolute atomic E-state index is 0.000997. The molecule has 1 N–H and O–H groups in total. The average Bonchev–Trinajstić information content (AvgIpc) is 3.02. The summed E-state index contributed by atoms with van der Waals surface area (Å²) in [4.78, 5) is 24.3. The highest BCUT2D eigenvalue weighted by atomic mass is 32.1. The molecule has 4 aliphatic carbocycles. The normalized spacial score (nSPS) is 45.1. The van der Waals surface area contributed by atoms with Crippen LogP contribution in [-0.4, -0.2) is 46.9 Å². The van der Waals surface area contributed by atoms with Crippen LogP contribution in [0, 0.1) is 28.6 Å². The second kappa shape index (κ2) is 7.69. The van der Waals surface area contributed by atoms with Crippen LogP contribution in [0.4, 0.5) is 8.78 Å². The largest absolute Gasteiger partial charge is 0.487 e. The number of thiocarbonyl (C=S) groups is 1. The zero-order valence-corrected chi connectivity index (χ0v) is 19.6. The molecule has 0 unspecified atom stereocenters. The molecule has 0 radical (unpaired) electrons. The molecule has 4 aliphatic rings. The van der Waals surface area contributed by atoms with Gasteiger partial charge in [0.25, 0.3) is 0 Å². The van der Waals surface area contributed by atoms with Gasteiger partial charge in [-0.3, -0.25) is 9.59 Å². The molecule has 0 spiro atoms. The van der Waals surface area contributed by atoms with Crippen LogP contribution in [0.2, 0.25) is 0 Å². The Morgan fingerprint density at radius 1 is 1.38 bits per heavy atom. The van der Waals surface area contributed by atoms with E-state index in [1.54, 1.807) is 19.9 Å². The highest BCUT2D eigenvalue weighted by molar-refractivity contribution is 7.80. The quantitative estimate of drug-likeness (QED) is 0.495. The number of fused-ring (bicyclic) bond motifs is 5. The second-order valence-corrected chi connectivity index (χ2v) is 10.5. The number of aliphatic hydroxyl groups is 1. The van der Waals surface area contributed by atoms with E-state index in [0.717, 1.165) is 6.08 Å². The molecule has 4 rings (SSSR count). The molecule has 0 aromatic heterocycles. The summed E-state index contributed by atoms with van der Waals surface area (Å²) in [7, 11) is 1.44. The number of hydrogen-bond acceptors (Lipinski definition) is 6. The Morgan fingerprint density at radius 3 is 2.69 bits per heavy atom. The molecule has 8 atom stereocenters. The summed E-state index contributed by atoms with van der Waals surface area (Å²) in [5, 5.41) is 11.6. The van der Waals surface area contributed by atoms with E-state index in [9.17, 15) is 19.1 Å². The molecular formula is C24H30F2O5S. The molecule has 0 amide bonds. The second-order valence-electron chi connectivity index (χ2n) is 10.1. The Bertz CT molecular complexity index is 931. The van der Waals surface area contributed by atoms with Crippen molar-refractivity contribution in [2.45, 2.75) is 70.8 Å². The number of hydrogen-bond donors (Lipinski definition) is 1. The van der Waals surface area contributed by atoms with E-state index in [1.807, 2.05) is 6.92 Å². The molecule has 0 saturated heterocycles. The van der Waals surface area contributed by atoms with Gasteiger partial charge in [-0.1, -0.05) is 26.8 Å². The van der Waals surface area contributed by atoms with E-state index in [-0.39, 0.29) is 41.7 Å². The number of methoxy groups -OCH3 is 1. The third-order valence-electron chi connectivity index (χ3n) is 8.76. The Labute approximate surface area is 192 Å². The lowest BCUT2D eigenvalue weighted by atomic mass is 9.46. The molecule has 32 heavy (non-hydrogen) atoms. The number of rotatable bonds is 3. The molecule has 0 bridgehead atoms. The van der Waals surface area contributed by atoms with Crippen molar-refractivity contribution in [1.82, 2.24) is 0 Å². The zero-order valence-electron chi connectivity index (χ0n) is 18.8. The van der Waals surface area contributed by atoms with Gasteiger partial charge < -0.3 is 14.6 Å². The minimum Gasteiger partial charge on any atom is -0.487 e. The number of carbonyl (C=O) groups is 2. The van der Waals surface area contributed by atoms with E-state index in [4.69, 9.17) is 21.7 Å². The number of esters is 1. The highest BCUT2D eigenvalue weighted by Gasteiger charge is 2.71. The van der Waals surface area contributed by atoms with Crippen LogP contribution in [-0.2, 0) is 19.1 Å². The maximum absolute atomic E-state index is 15.4. The van der Waals surface area contributed by atoms with Crippen LogP contribution < -0.4 is 0 Å². The fourth-order valence-corrected chi connectivity index (χ4v) is 7.77. The van der Waals surface area contributed by atoms with Crippen molar-refractivity contribution in [3.63, 3.8) is 0 Å². The van der Waals surface area contributed by atoms with Crippen LogP contribution >= 0.6 is 12.2 Å². The number of ketones is 1. The number of ether oxygens (including phenoxy) is 2. The van der Waals surface area contributed by atoms with Crippen LogP contribution in [0.15, 0.2) is 23.6 Å². The third kappa shape index (κ3) is 2.91. The van der Waals surface area contributed by atoms with Gasteiger partial charge in [0, 0.05) is 28.7 Å². The lowest BCUT2D eigenvalue weighted by molar-refractivity contribution is -0.183. The van der Waals surface area contributed by atoms with Gasteiger partial charge in [-0.2, -0.15) is 0 Å². The first kappa shape index (κ1) is 23.5. The predicted octanol–water partition coefficient (Wildman–Crippen LogP) is 4.18. The predicted molar refractivity (Wildman–Crippen MR) is 117 cm³/mol. The molecule has 3 fully saturated rings. The van der Waals surface area contributed by atoms with Crippen LogP contribution in [0.5, 0.6) is 0 Å². The summed E-state index contributed by atoms with van der Waals surface area (Å²) in [6.07, 6.45) is 1.57. The third-order valence-corrected chi connectivity index (χ3v) is 9.26. The van der Waals surface area contributed by atoms with Crippen molar-refractivity contribution in [2.75, 3.05) is 7.11 Å². The lowest BCUT2D eigenvalue weighted by Crippen LogP contribution is -2.63. The van der Waals surface area contributed by atoms with Crippen molar-refractivity contribution < 1.29 is 33.0 Å². The van der Waals surface area contributed by atoms with Crippen molar-refractivity contribution in [3.8, 4) is 0 Å². The van der Waals surface area contributed by atoms with E-state index >= 15 is 4.39 Å². The van der Waals surface area contributed by atoms with Crippen molar-refractivity contribution in [3.05, 3.63) is 23.6 Å². The zero-order chi connectivity index (χ0) is 23.6. The van der Waals surface area contributed by atoms with Crippen molar-refractivity contribution in [2.24, 2.45) is 28.6 Å². The summed E-state index contributed by atoms with van der Waals surface area (Å²) in [5.41, 5.74) is -3.22. The smallest absolute Gasteiger partial charge is 0.306 e. The summed E-state index contributed by atoms with van der Waals surface area (Å²) in [6.45, 7) is 5.33. The molecule has 3 saturated carbocycles. The summed E-state index contributed by atoms with van der Waals surface area (Å²) in [5.74, 6) is -3.18. The van der Waals surface area contributed by atoms with E-state index in [0.29, 0.717) is 12.8 Å². The molecule has 176 valence electrons. The van der Waals surface area contributed by atoms with Gasteiger partial charge in [0.15, 0.2) is 11.4 Å². The fourth-order valence-electron chi connectivity index (χ4n) is 7.40. The standard InChI is InChI=1S/C24H30F2O5S/c1-5-17(29)31-24(21(32)30-4)9-6-13-12-10-14(25)19-20(26)15(27)7-8-22(19,2)18(12)16(28)11-23(13,24)3/h7-8,12-14,16,18,28H,5-6,9-11H2,1-4H3/t12-,13-,14-,16-,18+,22+,23-,24-/m0/s1. The molecular weight excluding hydrogens is 438 g/mol. The fraction of sp³-hybridized carbons (Fsp3) is 0.708. The topological polar surface area (TPSA) is 72.8 Å². The van der Waals surface area contributed by atoms with Gasteiger partial charge in [0.2, 0.25) is 10.8 Å². The molecule has 0 aliphatic heterocycles. The number of aliphatic hydroxyl groups excluding tert-OH is 1. The lowest BCUT2D eigenvalue weighted by Gasteiger charge is -2.60. The molecule has 0 aromatic carbocycles. The Morgan fingerprint density at radius 2 is 2.06 bits per heavy atom. The number of halogens is 2. The van der Waals surface area contributed by atoms with Gasteiger partial charge in [-0.15, -0.1) is 0 Å². The molecule has 5 nitrogen and oxygen atoms in total. The Balaban J connectivity index is 1.81. The monoisotopic (exact) mass is 468 g/mol. The first-order chi connectivity index (χ1) is 15.0. The van der Waals surface area contributed by atoms with Crippen molar-refractivity contribution >= 4 is 29.0 Å². The molecule has 0 heterocycles. The number of carbonyl (C=O) groups excluding carboxylic acids is 2. The Kier molecular flexibility index (Phi) is 5.64. The minimum atomic E-state index is -1.63. The summed E-state index contributed by atoms with van der Waals surface area (Å²) < 4.78 is 41.6. The number of alkyl halides is 1. The van der Waals surface area contributed by atoms with Crippen LogP contribution in [0.1, 0.15) is 52.9 Å². The summed E-state index contributed by atoms with van der Waals surface area (Å²) >= 11 is 5.52. The van der Waals surface area contributed by atoms with Gasteiger partial charge in [0.1, 0.15) is 6.17 Å². The average molecular weight is 469 g/mol. The molecule has 8 heteroatoms. The maximum Gasteiger partial charge on any atom is 0.306 e. The van der Waals surface area contributed by atoms with Gasteiger partial charge in [-0.05, 0) is 55.8 Å². The van der Waals surface area contributed by atoms with E-state index in [1.165, 1.54) is 7.11 Å². The van der Waals surface area contributed by atoms with Crippen molar-refractivity contribution in [1.29, 1.82) is 0 Å². The molecule has 0 aromatic rings. The highest BCUT2D eigenvalue weighted by Crippen LogP contribution is 2.68. The first-order valence-electron chi connectivity index (χ1n) is 11.2. The summed E-state index contributed by atoms with van der Waals surface area (Å²) in [6, 6.07) is 0. The first-order valence-corrected chi connectivity index (χ1v) is 11.6. The van der Waals surface area contributed by atoms with Crippen LogP contribution in [0.3, 0.4) is 0 Å². The number of allylic oxidation sites excluding steroid dienone is 4. The van der Waals surface area contributed by atoms with Gasteiger partial charge in [0.05, 0.1) is 13.2 Å². The van der Waals surface area contributed by atoms with Gasteiger partial charge in [-0.25, -0.2) is 8.78 Å². The SMILES string of the molecule is CCC(=O)O[C@]1(C(=S)OC)CC[C@H]2[C@@H]3C[C@H](F)C4=C(F)C(=O)C=C[C@]4(C)[C@H]3[C@@H](O)C[C@@]21C. The maximum atomic E-state index is 15.4. The Hall–Kier alpha value is -1.67. The van der Waals surface area contributed by atoms with E-state index < -0.39 is 52.2 Å². The van der Waals surface area contributed by atoms with E-state index in [2.05, 4.69) is 0 Å². The van der Waals surface area contributed by atoms with Crippen LogP contribution in [0.25, 0.3) is 0 Å². The van der Waals surface area contributed by atoms with Gasteiger partial charge >= 0.3 is 5.97 Å².